The van der Waals surface area contributed by atoms with E-state index in [-0.39, 0.29) is 18.8 Å². The SMILES string of the molecule is CCCn1c(C)cc(C(=O)COC(=O)CC(NC(N)=O)c2ccc(Cl)cc2)c1C. The van der Waals surface area contributed by atoms with Crippen molar-refractivity contribution in [2.24, 2.45) is 5.73 Å². The maximum Gasteiger partial charge on any atom is 0.312 e. The van der Waals surface area contributed by atoms with Gasteiger partial charge in [-0.25, -0.2) is 4.79 Å². The van der Waals surface area contributed by atoms with E-state index in [4.69, 9.17) is 22.1 Å². The van der Waals surface area contributed by atoms with Gasteiger partial charge in [0, 0.05) is 28.5 Å². The van der Waals surface area contributed by atoms with Crippen LogP contribution in [0.5, 0.6) is 0 Å². The topological polar surface area (TPSA) is 103 Å². The number of hydrogen-bond acceptors (Lipinski definition) is 4. The first-order valence-electron chi connectivity index (χ1n) is 9.39. The Labute approximate surface area is 175 Å². The summed E-state index contributed by atoms with van der Waals surface area (Å²) in [5.74, 6) is -0.880. The summed E-state index contributed by atoms with van der Waals surface area (Å²) in [7, 11) is 0. The quantitative estimate of drug-likeness (QED) is 0.477. The molecule has 29 heavy (non-hydrogen) atoms. The lowest BCUT2D eigenvalue weighted by atomic mass is 10.0. The van der Waals surface area contributed by atoms with Gasteiger partial charge < -0.3 is 20.4 Å². The van der Waals surface area contributed by atoms with Gasteiger partial charge in [-0.3, -0.25) is 9.59 Å². The fourth-order valence-electron chi connectivity index (χ4n) is 3.22. The maximum atomic E-state index is 12.5. The lowest BCUT2D eigenvalue weighted by Gasteiger charge is -2.17. The molecule has 1 atom stereocenters. The summed E-state index contributed by atoms with van der Waals surface area (Å²) in [5.41, 5.74) is 8.26. The highest BCUT2D eigenvalue weighted by Gasteiger charge is 2.21. The Morgan fingerprint density at radius 2 is 1.86 bits per heavy atom. The van der Waals surface area contributed by atoms with E-state index in [1.54, 1.807) is 24.3 Å². The third-order valence-corrected chi connectivity index (χ3v) is 4.90. The van der Waals surface area contributed by atoms with Crippen molar-refractivity contribution in [1.82, 2.24) is 9.88 Å². The number of carbonyl (C=O) groups is 3. The van der Waals surface area contributed by atoms with Crippen LogP contribution >= 0.6 is 11.6 Å². The maximum absolute atomic E-state index is 12.5. The van der Waals surface area contributed by atoms with E-state index in [2.05, 4.69) is 16.8 Å². The van der Waals surface area contributed by atoms with Crippen molar-refractivity contribution in [3.05, 3.63) is 57.9 Å². The van der Waals surface area contributed by atoms with Crippen LogP contribution in [0.3, 0.4) is 0 Å². The zero-order valence-electron chi connectivity index (χ0n) is 16.8. The van der Waals surface area contributed by atoms with E-state index in [0.717, 1.165) is 24.4 Å². The van der Waals surface area contributed by atoms with Gasteiger partial charge in [0.25, 0.3) is 0 Å². The third kappa shape index (κ3) is 6.09. The predicted molar refractivity (Wildman–Crippen MR) is 111 cm³/mol. The smallest absolute Gasteiger partial charge is 0.312 e. The minimum absolute atomic E-state index is 0.160. The van der Waals surface area contributed by atoms with Gasteiger partial charge in [0.05, 0.1) is 12.5 Å². The first kappa shape index (κ1) is 22.5. The first-order chi connectivity index (χ1) is 13.7. The number of ether oxygens (including phenoxy) is 1. The van der Waals surface area contributed by atoms with Gasteiger partial charge >= 0.3 is 12.0 Å². The van der Waals surface area contributed by atoms with Gasteiger partial charge in [-0.1, -0.05) is 30.7 Å². The number of esters is 1. The van der Waals surface area contributed by atoms with Crippen LogP contribution in [-0.4, -0.2) is 29.0 Å². The zero-order chi connectivity index (χ0) is 21.6. The summed E-state index contributed by atoms with van der Waals surface area (Å²) in [5, 5.41) is 3.03. The number of amides is 2. The van der Waals surface area contributed by atoms with Crippen LogP contribution in [0.2, 0.25) is 5.02 Å². The third-order valence-electron chi connectivity index (χ3n) is 4.65. The van der Waals surface area contributed by atoms with Crippen LogP contribution in [0, 0.1) is 13.8 Å². The number of nitrogens with zero attached hydrogens (tertiary/aromatic N) is 1. The van der Waals surface area contributed by atoms with Crippen LogP contribution in [0.4, 0.5) is 4.79 Å². The highest BCUT2D eigenvalue weighted by Crippen LogP contribution is 2.20. The van der Waals surface area contributed by atoms with Crippen molar-refractivity contribution in [1.29, 1.82) is 0 Å². The molecule has 0 fully saturated rings. The molecule has 0 radical (unpaired) electrons. The molecule has 156 valence electrons. The molecule has 1 aromatic heterocycles. The number of hydrogen-bond donors (Lipinski definition) is 2. The minimum Gasteiger partial charge on any atom is -0.457 e. The molecule has 0 saturated carbocycles. The number of carbonyl (C=O) groups excluding carboxylic acids is 3. The average molecular weight is 420 g/mol. The highest BCUT2D eigenvalue weighted by molar-refractivity contribution is 6.30. The van der Waals surface area contributed by atoms with Crippen molar-refractivity contribution in [2.75, 3.05) is 6.61 Å². The van der Waals surface area contributed by atoms with Crippen LogP contribution in [0.1, 0.15) is 53.1 Å². The summed E-state index contributed by atoms with van der Waals surface area (Å²) in [4.78, 5) is 36.1. The number of aryl methyl sites for hydroxylation is 1. The van der Waals surface area contributed by atoms with Gasteiger partial charge in [-0.2, -0.15) is 0 Å². The van der Waals surface area contributed by atoms with E-state index in [9.17, 15) is 14.4 Å². The van der Waals surface area contributed by atoms with Gasteiger partial charge in [0.1, 0.15) is 0 Å². The van der Waals surface area contributed by atoms with E-state index >= 15 is 0 Å². The number of primary amides is 1. The van der Waals surface area contributed by atoms with Crippen LogP contribution in [-0.2, 0) is 16.1 Å². The first-order valence-corrected chi connectivity index (χ1v) is 9.77. The summed E-state index contributed by atoms with van der Waals surface area (Å²) in [6, 6.07) is 7.03. The molecule has 0 aliphatic carbocycles. The van der Waals surface area contributed by atoms with Crippen LogP contribution in [0.15, 0.2) is 30.3 Å². The second kappa shape index (κ2) is 10.1. The molecule has 2 amide bonds. The number of Topliss-reactive ketones (excluding diaryl/α,β-unsaturated/α-hetero) is 1. The number of halogens is 1. The molecule has 2 rings (SSSR count). The molecule has 3 N–H and O–H groups in total. The molecule has 0 aliphatic heterocycles. The van der Waals surface area contributed by atoms with Crippen molar-refractivity contribution in [3.8, 4) is 0 Å². The Hall–Kier alpha value is -2.80. The van der Waals surface area contributed by atoms with Crippen molar-refractivity contribution >= 4 is 29.4 Å². The Kier molecular flexibility index (Phi) is 7.84. The molecule has 1 unspecified atom stereocenters. The van der Waals surface area contributed by atoms with Crippen molar-refractivity contribution < 1.29 is 19.1 Å². The van der Waals surface area contributed by atoms with Crippen molar-refractivity contribution in [2.45, 2.75) is 46.2 Å². The zero-order valence-corrected chi connectivity index (χ0v) is 17.6. The number of benzene rings is 1. The highest BCUT2D eigenvalue weighted by atomic mass is 35.5. The number of aromatic nitrogens is 1. The molecule has 0 spiro atoms. The van der Waals surface area contributed by atoms with Gasteiger partial charge in [-0.15, -0.1) is 0 Å². The molecule has 7 nitrogen and oxygen atoms in total. The van der Waals surface area contributed by atoms with Crippen molar-refractivity contribution in [3.63, 3.8) is 0 Å². The largest absolute Gasteiger partial charge is 0.457 e. The standard InChI is InChI=1S/C21H26ClN3O4/c1-4-9-25-13(2)10-17(14(25)3)19(26)12-29-20(27)11-18(24-21(23)28)15-5-7-16(22)8-6-15/h5-8,10,18H,4,9,11-12H2,1-3H3,(H3,23,24,28). The molecular weight excluding hydrogens is 394 g/mol. The van der Waals surface area contributed by atoms with Gasteiger partial charge in [-0.05, 0) is 44.0 Å². The predicted octanol–water partition coefficient (Wildman–Crippen LogP) is 3.69. The number of nitrogens with two attached hydrogens (primary N) is 1. The Balaban J connectivity index is 2.01. The lowest BCUT2D eigenvalue weighted by Crippen LogP contribution is -2.34. The molecule has 0 saturated heterocycles. The van der Waals surface area contributed by atoms with Crippen LogP contribution in [0.25, 0.3) is 0 Å². The number of rotatable bonds is 9. The normalized spacial score (nSPS) is 11.7. The molecule has 1 aromatic carbocycles. The Bertz CT molecular complexity index is 890. The molecule has 0 aliphatic rings. The fraction of sp³-hybridized carbons (Fsp3) is 0.381. The van der Waals surface area contributed by atoms with E-state index < -0.39 is 18.0 Å². The van der Waals surface area contributed by atoms with E-state index in [0.29, 0.717) is 16.1 Å². The lowest BCUT2D eigenvalue weighted by molar-refractivity contribution is -0.143. The second-order valence-corrected chi connectivity index (χ2v) is 7.27. The second-order valence-electron chi connectivity index (χ2n) is 6.84. The molecular formula is C21H26ClN3O4. The number of nitrogens with one attached hydrogen (secondary N) is 1. The minimum atomic E-state index is -0.766. The van der Waals surface area contributed by atoms with Gasteiger partial charge in [0.15, 0.2) is 6.61 Å². The summed E-state index contributed by atoms with van der Waals surface area (Å²) in [6.45, 7) is 6.35. The number of ketones is 1. The fourth-order valence-corrected chi connectivity index (χ4v) is 3.35. The molecule has 2 aromatic rings. The van der Waals surface area contributed by atoms with E-state index in [1.807, 2.05) is 19.9 Å². The molecule has 1 heterocycles. The number of urea groups is 1. The van der Waals surface area contributed by atoms with E-state index in [1.165, 1.54) is 0 Å². The van der Waals surface area contributed by atoms with Crippen LogP contribution < -0.4 is 11.1 Å². The Morgan fingerprint density at radius 3 is 2.45 bits per heavy atom. The molecule has 8 heteroatoms. The summed E-state index contributed by atoms with van der Waals surface area (Å²) in [6.07, 6.45) is 0.796. The Morgan fingerprint density at radius 1 is 1.21 bits per heavy atom. The summed E-state index contributed by atoms with van der Waals surface area (Å²) >= 11 is 5.87. The molecule has 0 bridgehead atoms. The summed E-state index contributed by atoms with van der Waals surface area (Å²) < 4.78 is 7.24. The average Bonchev–Trinajstić information content (AvgIpc) is 2.94. The van der Waals surface area contributed by atoms with Gasteiger partial charge in [0.2, 0.25) is 5.78 Å². The monoisotopic (exact) mass is 419 g/mol.